The molecule has 1 N–H and O–H groups in total. The molecule has 1 atom stereocenters. The summed E-state index contributed by atoms with van der Waals surface area (Å²) in [7, 11) is 0. The van der Waals surface area contributed by atoms with E-state index in [1.807, 2.05) is 0 Å². The molecule has 0 spiro atoms. The molecular weight excluding hydrogens is 433 g/mol. The van der Waals surface area contributed by atoms with Gasteiger partial charge in [0.05, 0.1) is 12.2 Å². The van der Waals surface area contributed by atoms with E-state index < -0.39 is 48.0 Å². The van der Waals surface area contributed by atoms with Crippen LogP contribution < -0.4 is 4.74 Å². The van der Waals surface area contributed by atoms with E-state index in [4.69, 9.17) is 4.74 Å². The Bertz CT molecular complexity index is 681. The third kappa shape index (κ3) is 4.69. The third-order valence-corrected chi connectivity index (χ3v) is 3.69. The van der Waals surface area contributed by atoms with Gasteiger partial charge in [0.25, 0.3) is 0 Å². The average Bonchev–Trinajstić information content (AvgIpc) is 2.52. The molecule has 0 aliphatic carbocycles. The molecule has 29 heavy (non-hydrogen) atoms. The van der Waals surface area contributed by atoms with E-state index in [2.05, 4.69) is 0 Å². The van der Waals surface area contributed by atoms with Gasteiger partial charge >= 0.3 is 29.9 Å². The van der Waals surface area contributed by atoms with Gasteiger partial charge < -0.3 is 9.84 Å². The Labute approximate surface area is 157 Å². The predicted molar refractivity (Wildman–Crippen MR) is 77.6 cm³/mol. The zero-order valence-electron chi connectivity index (χ0n) is 14.7. The van der Waals surface area contributed by atoms with Gasteiger partial charge in [0.15, 0.2) is 0 Å². The van der Waals surface area contributed by atoms with Crippen molar-refractivity contribution < 1.29 is 58.1 Å². The molecule has 0 amide bonds. The van der Waals surface area contributed by atoms with Gasteiger partial charge in [-0.3, -0.25) is 0 Å². The second-order valence-corrected chi connectivity index (χ2v) is 6.38. The maximum atomic E-state index is 13.7. The van der Waals surface area contributed by atoms with Gasteiger partial charge in [-0.1, -0.05) is 12.1 Å². The van der Waals surface area contributed by atoms with E-state index in [-0.39, 0.29) is 11.9 Å². The molecule has 0 saturated carbocycles. The van der Waals surface area contributed by atoms with Crippen LogP contribution in [0.2, 0.25) is 0 Å². The molecule has 0 saturated heterocycles. The first-order chi connectivity index (χ1) is 12.8. The van der Waals surface area contributed by atoms with Gasteiger partial charge in [-0.05, 0) is 31.5 Å². The molecule has 0 bridgehead atoms. The Hall–Kier alpha value is -1.79. The molecule has 0 aliphatic heterocycles. The van der Waals surface area contributed by atoms with Crippen LogP contribution in [0.4, 0.5) is 48.3 Å². The number of hydrogen-bond acceptors (Lipinski definition) is 2. The number of ether oxygens (including phenoxy) is 1. The van der Waals surface area contributed by atoms with Crippen LogP contribution in [0.25, 0.3) is 0 Å². The van der Waals surface area contributed by atoms with Crippen LogP contribution in [0.1, 0.15) is 31.9 Å². The summed E-state index contributed by atoms with van der Waals surface area (Å²) in [6.07, 6.45) is -12.7. The van der Waals surface area contributed by atoms with Gasteiger partial charge in [0.1, 0.15) is 5.75 Å². The molecule has 13 heteroatoms. The normalized spacial score (nSPS) is 15.6. The van der Waals surface area contributed by atoms with Crippen LogP contribution in [-0.2, 0) is 0 Å². The minimum Gasteiger partial charge on any atom is -0.491 e. The fourth-order valence-corrected chi connectivity index (χ4v) is 2.13. The molecule has 2 nitrogen and oxygen atoms in total. The summed E-state index contributed by atoms with van der Waals surface area (Å²) in [5.41, 5.74) is -0.512. The molecule has 0 fully saturated rings. The second kappa shape index (κ2) is 7.80. The lowest BCUT2D eigenvalue weighted by Crippen LogP contribution is -2.66. The molecule has 1 unspecified atom stereocenters. The van der Waals surface area contributed by atoms with Gasteiger partial charge in [0, 0.05) is 6.42 Å². The van der Waals surface area contributed by atoms with Gasteiger partial charge in [-0.25, -0.2) is 0 Å². The van der Waals surface area contributed by atoms with Crippen molar-refractivity contribution in [3.8, 4) is 5.75 Å². The molecular formula is C16H15F11O2. The average molecular weight is 448 g/mol. The summed E-state index contributed by atoms with van der Waals surface area (Å²) >= 11 is 0. The Morgan fingerprint density at radius 2 is 1.21 bits per heavy atom. The summed E-state index contributed by atoms with van der Waals surface area (Å²) in [4.78, 5) is 0. The lowest BCUT2D eigenvalue weighted by atomic mass is 9.92. The van der Waals surface area contributed by atoms with Crippen LogP contribution in [0.3, 0.4) is 0 Å². The highest BCUT2D eigenvalue weighted by Gasteiger charge is 2.87. The van der Waals surface area contributed by atoms with Crippen molar-refractivity contribution in [2.45, 2.75) is 62.3 Å². The molecule has 1 rings (SSSR count). The highest BCUT2D eigenvalue weighted by atomic mass is 19.4. The minimum absolute atomic E-state index is 0.171. The van der Waals surface area contributed by atoms with Crippen LogP contribution in [-0.4, -0.2) is 41.1 Å². The monoisotopic (exact) mass is 448 g/mol. The number of alkyl halides is 11. The van der Waals surface area contributed by atoms with E-state index >= 15 is 0 Å². The Morgan fingerprint density at radius 3 is 1.59 bits per heavy atom. The largest absolute Gasteiger partial charge is 0.491 e. The number of benzene rings is 1. The fourth-order valence-electron chi connectivity index (χ4n) is 2.13. The lowest BCUT2D eigenvalue weighted by Gasteiger charge is -2.37. The van der Waals surface area contributed by atoms with E-state index in [0.717, 1.165) is 24.3 Å². The smallest absolute Gasteiger partial charge is 0.460 e. The molecule has 0 radical (unpaired) electrons. The molecule has 0 heterocycles. The number of aliphatic hydroxyl groups excluding tert-OH is 1. The number of halogens is 11. The van der Waals surface area contributed by atoms with Crippen LogP contribution in [0, 0.1) is 0 Å². The fraction of sp³-hybridized carbons (Fsp3) is 0.625. The molecule has 1 aromatic rings. The molecule has 0 aliphatic rings. The number of hydrogen-bond donors (Lipinski definition) is 1. The van der Waals surface area contributed by atoms with E-state index in [0.29, 0.717) is 0 Å². The van der Waals surface area contributed by atoms with Crippen molar-refractivity contribution >= 4 is 0 Å². The lowest BCUT2D eigenvalue weighted by molar-refractivity contribution is -0.423. The van der Waals surface area contributed by atoms with Crippen molar-refractivity contribution in [3.63, 3.8) is 0 Å². The number of aliphatic hydroxyl groups is 1. The third-order valence-electron chi connectivity index (χ3n) is 3.69. The van der Waals surface area contributed by atoms with Crippen LogP contribution in [0.5, 0.6) is 5.75 Å². The van der Waals surface area contributed by atoms with Gasteiger partial charge in [-0.2, -0.15) is 48.3 Å². The maximum absolute atomic E-state index is 13.7. The first-order valence-corrected chi connectivity index (χ1v) is 7.80. The summed E-state index contributed by atoms with van der Waals surface area (Å²) in [6.45, 7) is 3.25. The highest BCUT2D eigenvalue weighted by molar-refractivity contribution is 5.29. The Morgan fingerprint density at radius 1 is 0.759 bits per heavy atom. The maximum Gasteiger partial charge on any atom is 0.460 e. The first-order valence-electron chi connectivity index (χ1n) is 7.80. The van der Waals surface area contributed by atoms with Crippen molar-refractivity contribution in [3.05, 3.63) is 29.8 Å². The van der Waals surface area contributed by atoms with Gasteiger partial charge in [0.2, 0.25) is 0 Å². The molecule has 1 aromatic carbocycles. The Kier molecular flexibility index (Phi) is 6.79. The quantitative estimate of drug-likeness (QED) is 0.495. The zero-order valence-corrected chi connectivity index (χ0v) is 14.7. The predicted octanol–water partition coefficient (Wildman–Crippen LogP) is 6.00. The van der Waals surface area contributed by atoms with Crippen LogP contribution in [0.15, 0.2) is 24.3 Å². The SMILES string of the molecule is CC(C)Oc1ccc(C(O)CC(F)(F)C(F)(F)C(F)(F)C(F)(F)C(F)(F)F)cc1. The second-order valence-electron chi connectivity index (χ2n) is 6.38. The number of rotatable bonds is 8. The van der Waals surface area contributed by atoms with E-state index in [9.17, 15) is 53.4 Å². The first kappa shape index (κ1) is 25.2. The summed E-state index contributed by atoms with van der Waals surface area (Å²) < 4.78 is 148. The van der Waals surface area contributed by atoms with Gasteiger partial charge in [-0.15, -0.1) is 0 Å². The summed E-state index contributed by atoms with van der Waals surface area (Å²) in [6, 6.07) is 4.03. The zero-order chi connectivity index (χ0) is 23.1. The van der Waals surface area contributed by atoms with Crippen LogP contribution >= 0.6 is 0 Å². The summed E-state index contributed by atoms with van der Waals surface area (Å²) in [5.74, 6) is -28.0. The van der Waals surface area contributed by atoms with Crippen molar-refractivity contribution in [2.75, 3.05) is 0 Å². The molecule has 0 aromatic heterocycles. The Balaban J connectivity index is 3.13. The highest BCUT2D eigenvalue weighted by Crippen LogP contribution is 2.58. The van der Waals surface area contributed by atoms with E-state index in [1.54, 1.807) is 13.8 Å². The van der Waals surface area contributed by atoms with E-state index in [1.165, 1.54) is 0 Å². The molecule has 168 valence electrons. The minimum atomic E-state index is -7.49. The van der Waals surface area contributed by atoms with Crippen molar-refractivity contribution in [1.29, 1.82) is 0 Å². The standard InChI is InChI=1S/C16H15F11O2/c1-8(2)29-10-5-3-9(4-6-10)11(28)7-12(17,18)13(19,20)14(21,22)15(23,24)16(25,26)27/h3-6,8,11,28H,7H2,1-2H3. The van der Waals surface area contributed by atoms with Crippen molar-refractivity contribution in [2.24, 2.45) is 0 Å². The summed E-state index contributed by atoms with van der Waals surface area (Å²) in [5, 5.41) is 9.61. The van der Waals surface area contributed by atoms with Crippen molar-refractivity contribution in [1.82, 2.24) is 0 Å². The topological polar surface area (TPSA) is 29.5 Å².